The molecule has 0 unspecified atom stereocenters. The maximum absolute atomic E-state index is 13.9. The summed E-state index contributed by atoms with van der Waals surface area (Å²) in [6.45, 7) is 7.87. The van der Waals surface area contributed by atoms with Crippen LogP contribution < -0.4 is 0 Å². The van der Waals surface area contributed by atoms with Gasteiger partial charge in [0.2, 0.25) is 5.76 Å². The molecular formula is C32H43NO7. The number of ether oxygens (including phenoxy) is 3. The monoisotopic (exact) mass is 553 g/mol. The molecule has 2 atom stereocenters. The standard InChI is InChI=1S/C32H43NO7/c1-32(2,3)40-31(36)33-14-11-25(23-7-5-4-6-8-23)29(33)26(34)18-22-9-10-27-24(17-22)19-28(39-27)30(35)38-20-21-12-15-37-16-13-21/h9-10,17,19,21,23,25,29H,4-8,11-16,18,20H2,1-3H3/t25-,29-/m0/s1. The summed E-state index contributed by atoms with van der Waals surface area (Å²) < 4.78 is 22.3. The van der Waals surface area contributed by atoms with Crippen LogP contribution in [-0.4, -0.2) is 60.8 Å². The number of esters is 1. The molecule has 8 heteroatoms. The van der Waals surface area contributed by atoms with Crippen molar-refractivity contribution in [3.63, 3.8) is 0 Å². The molecule has 2 aromatic rings. The smallest absolute Gasteiger partial charge is 0.410 e. The molecule has 218 valence electrons. The van der Waals surface area contributed by atoms with Crippen molar-refractivity contribution >= 4 is 28.8 Å². The van der Waals surface area contributed by atoms with Crippen molar-refractivity contribution in [3.8, 4) is 0 Å². The van der Waals surface area contributed by atoms with E-state index in [-0.39, 0.29) is 23.9 Å². The molecule has 5 rings (SSSR count). The Bertz CT molecular complexity index is 1200. The van der Waals surface area contributed by atoms with Gasteiger partial charge >= 0.3 is 12.1 Å². The van der Waals surface area contributed by atoms with Crippen molar-refractivity contribution < 1.29 is 33.0 Å². The van der Waals surface area contributed by atoms with E-state index in [1.807, 2.05) is 32.9 Å². The van der Waals surface area contributed by atoms with Crippen molar-refractivity contribution in [3.05, 3.63) is 35.6 Å². The van der Waals surface area contributed by atoms with Gasteiger partial charge in [-0.05, 0) is 81.5 Å². The number of furan rings is 1. The molecule has 1 amide bonds. The molecule has 0 N–H and O–H groups in total. The van der Waals surface area contributed by atoms with Gasteiger partial charge in [0.25, 0.3) is 0 Å². The Balaban J connectivity index is 1.29. The lowest BCUT2D eigenvalue weighted by Crippen LogP contribution is -2.47. The van der Waals surface area contributed by atoms with Gasteiger partial charge in [0.1, 0.15) is 11.2 Å². The summed E-state index contributed by atoms with van der Waals surface area (Å²) >= 11 is 0. The van der Waals surface area contributed by atoms with E-state index < -0.39 is 23.7 Å². The number of fused-ring (bicyclic) bond motifs is 1. The molecule has 3 fully saturated rings. The van der Waals surface area contributed by atoms with Crippen LogP contribution in [0.25, 0.3) is 11.0 Å². The van der Waals surface area contributed by atoms with Gasteiger partial charge in [-0.25, -0.2) is 9.59 Å². The second kappa shape index (κ2) is 12.3. The number of carbonyl (C=O) groups is 3. The first-order chi connectivity index (χ1) is 19.2. The number of hydrogen-bond donors (Lipinski definition) is 0. The van der Waals surface area contributed by atoms with Gasteiger partial charge in [-0.15, -0.1) is 0 Å². The summed E-state index contributed by atoms with van der Waals surface area (Å²) in [5, 5.41) is 0.752. The minimum absolute atomic E-state index is 0.0397. The maximum atomic E-state index is 13.9. The lowest BCUT2D eigenvalue weighted by Gasteiger charge is -2.34. The van der Waals surface area contributed by atoms with Crippen LogP contribution in [0.3, 0.4) is 0 Å². The van der Waals surface area contributed by atoms with Gasteiger partial charge in [0.05, 0.1) is 12.6 Å². The summed E-state index contributed by atoms with van der Waals surface area (Å²) in [5.41, 5.74) is 0.785. The first kappa shape index (κ1) is 28.7. The number of Topliss-reactive ketones (excluding diaryl/α,β-unsaturated/α-hetero) is 1. The average Bonchev–Trinajstić information content (AvgIpc) is 3.57. The molecular weight excluding hydrogens is 510 g/mol. The number of benzene rings is 1. The van der Waals surface area contributed by atoms with Crippen molar-refractivity contribution in [2.45, 2.75) is 90.2 Å². The van der Waals surface area contributed by atoms with E-state index in [9.17, 15) is 14.4 Å². The fraction of sp³-hybridized carbons (Fsp3) is 0.656. The normalized spacial score (nSPS) is 22.9. The third kappa shape index (κ3) is 6.88. The summed E-state index contributed by atoms with van der Waals surface area (Å²) in [7, 11) is 0. The third-order valence-corrected chi connectivity index (χ3v) is 8.61. The van der Waals surface area contributed by atoms with Crippen molar-refractivity contribution in [1.29, 1.82) is 0 Å². The highest BCUT2D eigenvalue weighted by Crippen LogP contribution is 2.40. The Kier molecular flexibility index (Phi) is 8.83. The van der Waals surface area contributed by atoms with Crippen LogP contribution in [0.1, 0.15) is 88.3 Å². The lowest BCUT2D eigenvalue weighted by atomic mass is 9.75. The van der Waals surface area contributed by atoms with Gasteiger partial charge in [0, 0.05) is 31.6 Å². The Morgan fingerprint density at radius 3 is 2.45 bits per heavy atom. The SMILES string of the molecule is CC(C)(C)OC(=O)N1CC[C@@H](C2CCCCC2)[C@H]1C(=O)Cc1ccc2oc(C(=O)OCC3CCOCC3)cc2c1. The third-order valence-electron chi connectivity index (χ3n) is 8.61. The molecule has 3 heterocycles. The molecule has 0 radical (unpaired) electrons. The predicted octanol–water partition coefficient (Wildman–Crippen LogP) is 6.33. The molecule has 2 saturated heterocycles. The second-order valence-electron chi connectivity index (χ2n) is 12.7. The minimum Gasteiger partial charge on any atom is -0.460 e. The number of hydrogen-bond acceptors (Lipinski definition) is 7. The molecule has 0 bridgehead atoms. The van der Waals surface area contributed by atoms with Crippen LogP contribution in [0.2, 0.25) is 0 Å². The van der Waals surface area contributed by atoms with Crippen LogP contribution in [0.5, 0.6) is 0 Å². The fourth-order valence-electron chi connectivity index (χ4n) is 6.60. The maximum Gasteiger partial charge on any atom is 0.410 e. The number of amides is 1. The van der Waals surface area contributed by atoms with Gasteiger partial charge < -0.3 is 18.6 Å². The van der Waals surface area contributed by atoms with Crippen LogP contribution in [0.15, 0.2) is 28.7 Å². The Labute approximate surface area is 236 Å². The van der Waals surface area contributed by atoms with E-state index in [1.165, 1.54) is 19.3 Å². The predicted molar refractivity (Wildman–Crippen MR) is 150 cm³/mol. The topological polar surface area (TPSA) is 95.3 Å². The van der Waals surface area contributed by atoms with Crippen LogP contribution in [0, 0.1) is 17.8 Å². The Morgan fingerprint density at radius 2 is 1.73 bits per heavy atom. The highest BCUT2D eigenvalue weighted by molar-refractivity contribution is 5.94. The Hall–Kier alpha value is -2.87. The molecule has 1 aromatic carbocycles. The zero-order valence-corrected chi connectivity index (χ0v) is 24.1. The van der Waals surface area contributed by atoms with E-state index in [2.05, 4.69) is 0 Å². The first-order valence-electron chi connectivity index (χ1n) is 15.0. The number of ketones is 1. The number of rotatable bonds is 7. The Morgan fingerprint density at radius 1 is 0.975 bits per heavy atom. The molecule has 1 aromatic heterocycles. The fourth-order valence-corrected chi connectivity index (χ4v) is 6.60. The number of likely N-dealkylation sites (tertiary alicyclic amines) is 1. The highest BCUT2D eigenvalue weighted by atomic mass is 16.6. The van der Waals surface area contributed by atoms with Gasteiger partial charge in [-0.2, -0.15) is 0 Å². The summed E-state index contributed by atoms with van der Waals surface area (Å²) in [6.07, 6.45) is 8.26. The van der Waals surface area contributed by atoms with E-state index in [0.717, 1.165) is 43.1 Å². The van der Waals surface area contributed by atoms with Crippen LogP contribution in [0.4, 0.5) is 4.79 Å². The molecule has 2 aliphatic heterocycles. The summed E-state index contributed by atoms with van der Waals surface area (Å²) in [6, 6.07) is 6.76. The zero-order valence-electron chi connectivity index (χ0n) is 24.1. The average molecular weight is 554 g/mol. The zero-order chi connectivity index (χ0) is 28.3. The molecule has 3 aliphatic rings. The molecule has 0 spiro atoms. The quantitative estimate of drug-likeness (QED) is 0.370. The van der Waals surface area contributed by atoms with E-state index in [4.69, 9.17) is 18.6 Å². The minimum atomic E-state index is -0.621. The van der Waals surface area contributed by atoms with E-state index in [0.29, 0.717) is 43.8 Å². The van der Waals surface area contributed by atoms with Gasteiger partial charge in [-0.3, -0.25) is 9.69 Å². The largest absolute Gasteiger partial charge is 0.460 e. The summed E-state index contributed by atoms with van der Waals surface area (Å²) in [5.74, 6) is 0.659. The number of nitrogens with zero attached hydrogens (tertiary/aromatic N) is 1. The first-order valence-corrected chi connectivity index (χ1v) is 15.0. The molecule has 8 nitrogen and oxygen atoms in total. The van der Waals surface area contributed by atoms with Crippen LogP contribution in [-0.2, 0) is 25.4 Å². The number of carbonyl (C=O) groups excluding carboxylic acids is 3. The highest BCUT2D eigenvalue weighted by Gasteiger charge is 2.46. The van der Waals surface area contributed by atoms with E-state index >= 15 is 0 Å². The lowest BCUT2D eigenvalue weighted by molar-refractivity contribution is -0.124. The summed E-state index contributed by atoms with van der Waals surface area (Å²) in [4.78, 5) is 41.3. The molecule has 40 heavy (non-hydrogen) atoms. The van der Waals surface area contributed by atoms with E-state index in [1.54, 1.807) is 17.0 Å². The molecule has 1 saturated carbocycles. The van der Waals surface area contributed by atoms with Crippen molar-refractivity contribution in [2.24, 2.45) is 17.8 Å². The van der Waals surface area contributed by atoms with Gasteiger partial charge in [0.15, 0.2) is 5.78 Å². The second-order valence-corrected chi connectivity index (χ2v) is 12.7. The van der Waals surface area contributed by atoms with Crippen molar-refractivity contribution in [1.82, 2.24) is 4.90 Å². The van der Waals surface area contributed by atoms with Gasteiger partial charge in [-0.1, -0.05) is 38.2 Å². The molecule has 1 aliphatic carbocycles. The van der Waals surface area contributed by atoms with Crippen molar-refractivity contribution in [2.75, 3.05) is 26.4 Å². The van der Waals surface area contributed by atoms with Crippen LogP contribution >= 0.6 is 0 Å².